The highest BCUT2D eigenvalue weighted by molar-refractivity contribution is 5.92. The second-order valence-corrected chi connectivity index (χ2v) is 8.33. The average Bonchev–Trinajstić information content (AvgIpc) is 3.43. The Balaban J connectivity index is 1.38. The number of nitrogens with zero attached hydrogens (tertiary/aromatic N) is 2. The number of hydrazine groups is 1. The summed E-state index contributed by atoms with van der Waals surface area (Å²) in [5, 5.41) is 3.98. The maximum Gasteiger partial charge on any atom is 0.276 e. The van der Waals surface area contributed by atoms with Gasteiger partial charge in [0.15, 0.2) is 5.69 Å². The number of benzene rings is 1. The Kier molecular flexibility index (Phi) is 5.87. The Labute approximate surface area is 171 Å². The van der Waals surface area contributed by atoms with E-state index in [1.165, 1.54) is 5.56 Å². The Morgan fingerprint density at radius 3 is 2.76 bits per heavy atom. The Morgan fingerprint density at radius 1 is 1.28 bits per heavy atom. The maximum absolute atomic E-state index is 12.8. The lowest BCUT2D eigenvalue weighted by Gasteiger charge is -2.36. The molecule has 1 aromatic heterocycles. The first kappa shape index (κ1) is 19.9. The quantitative estimate of drug-likeness (QED) is 0.806. The topological polar surface area (TPSA) is 79.6 Å². The maximum atomic E-state index is 12.8. The lowest BCUT2D eigenvalue weighted by Crippen LogP contribution is -2.45. The summed E-state index contributed by atoms with van der Waals surface area (Å²) in [7, 11) is 1.70. The smallest absolute Gasteiger partial charge is 0.276 e. The molecule has 2 aliphatic heterocycles. The number of nitrogens with one attached hydrogen (secondary N) is 2. The van der Waals surface area contributed by atoms with Crippen LogP contribution in [0.15, 0.2) is 34.9 Å². The molecule has 7 nitrogen and oxygen atoms in total. The van der Waals surface area contributed by atoms with Crippen molar-refractivity contribution in [2.45, 2.75) is 44.6 Å². The van der Waals surface area contributed by atoms with E-state index in [1.807, 2.05) is 30.9 Å². The van der Waals surface area contributed by atoms with Crippen LogP contribution in [-0.2, 0) is 0 Å². The van der Waals surface area contributed by atoms with Crippen LogP contribution >= 0.6 is 0 Å². The third-order valence-corrected chi connectivity index (χ3v) is 6.20. The lowest BCUT2D eigenvalue weighted by molar-refractivity contribution is 0.0659. The predicted octanol–water partition coefficient (Wildman–Crippen LogP) is 2.92. The molecule has 3 heterocycles. The number of ether oxygens (including phenoxy) is 1. The number of aromatic nitrogens is 1. The molecule has 29 heavy (non-hydrogen) atoms. The molecule has 1 aromatic carbocycles. The second-order valence-electron chi connectivity index (χ2n) is 8.33. The molecule has 0 aliphatic carbocycles. The standard InChI is InChI=1S/C22H30N4O3/c1-14(2)20-12-19(25-29-20)22(27)26-9-7-15(8-10-26)21-18(13-23-24-21)16-5-4-6-17(11-16)28-3/h4-6,11-12,14-15,18,21,23-24H,7-10,13H2,1-3H3. The van der Waals surface area contributed by atoms with E-state index >= 15 is 0 Å². The Bertz CT molecular complexity index is 842. The van der Waals surface area contributed by atoms with Crippen LogP contribution in [0.25, 0.3) is 0 Å². The van der Waals surface area contributed by atoms with Gasteiger partial charge in [-0.15, -0.1) is 0 Å². The second kappa shape index (κ2) is 8.55. The van der Waals surface area contributed by atoms with Gasteiger partial charge in [0.25, 0.3) is 5.91 Å². The molecule has 2 atom stereocenters. The van der Waals surface area contributed by atoms with Gasteiger partial charge in [0.2, 0.25) is 0 Å². The highest BCUT2D eigenvalue weighted by Gasteiger charge is 2.37. The molecular weight excluding hydrogens is 368 g/mol. The first-order chi connectivity index (χ1) is 14.1. The minimum Gasteiger partial charge on any atom is -0.497 e. The van der Waals surface area contributed by atoms with Gasteiger partial charge in [-0.05, 0) is 36.5 Å². The van der Waals surface area contributed by atoms with Crippen LogP contribution in [0.1, 0.15) is 60.3 Å². The molecule has 1 amide bonds. The van der Waals surface area contributed by atoms with Gasteiger partial charge in [0, 0.05) is 43.6 Å². The van der Waals surface area contributed by atoms with Crippen LogP contribution in [0.2, 0.25) is 0 Å². The van der Waals surface area contributed by atoms with Crippen molar-refractivity contribution < 1.29 is 14.1 Å². The first-order valence-electron chi connectivity index (χ1n) is 10.4. The molecule has 2 N–H and O–H groups in total. The van der Waals surface area contributed by atoms with Gasteiger partial charge in [0.1, 0.15) is 11.5 Å². The van der Waals surface area contributed by atoms with E-state index < -0.39 is 0 Å². The molecular formula is C22H30N4O3. The fourth-order valence-electron chi connectivity index (χ4n) is 4.44. The molecule has 0 saturated carbocycles. The van der Waals surface area contributed by atoms with Gasteiger partial charge in [-0.2, -0.15) is 0 Å². The van der Waals surface area contributed by atoms with E-state index in [0.29, 0.717) is 23.6 Å². The fraction of sp³-hybridized carbons (Fsp3) is 0.545. The third-order valence-electron chi connectivity index (χ3n) is 6.20. The molecule has 0 radical (unpaired) electrons. The lowest BCUT2D eigenvalue weighted by atomic mass is 9.80. The summed E-state index contributed by atoms with van der Waals surface area (Å²) < 4.78 is 10.7. The molecule has 2 fully saturated rings. The van der Waals surface area contributed by atoms with Crippen molar-refractivity contribution in [1.29, 1.82) is 0 Å². The zero-order valence-corrected chi connectivity index (χ0v) is 17.4. The van der Waals surface area contributed by atoms with Gasteiger partial charge in [0.05, 0.1) is 7.11 Å². The fourth-order valence-corrected chi connectivity index (χ4v) is 4.44. The van der Waals surface area contributed by atoms with E-state index in [9.17, 15) is 4.79 Å². The van der Waals surface area contributed by atoms with Gasteiger partial charge in [-0.25, -0.2) is 0 Å². The van der Waals surface area contributed by atoms with Crippen molar-refractivity contribution in [3.63, 3.8) is 0 Å². The number of methoxy groups -OCH3 is 1. The summed E-state index contributed by atoms with van der Waals surface area (Å²) in [5.74, 6) is 2.74. The van der Waals surface area contributed by atoms with E-state index in [4.69, 9.17) is 9.26 Å². The SMILES string of the molecule is COc1cccc(C2CNNC2C2CCN(C(=O)c3cc(C(C)C)on3)CC2)c1. The van der Waals surface area contributed by atoms with Gasteiger partial charge >= 0.3 is 0 Å². The van der Waals surface area contributed by atoms with Crippen LogP contribution in [-0.4, -0.2) is 48.7 Å². The monoisotopic (exact) mass is 398 g/mol. The first-order valence-corrected chi connectivity index (χ1v) is 10.4. The van der Waals surface area contributed by atoms with E-state index in [0.717, 1.165) is 44.0 Å². The molecule has 7 heteroatoms. The molecule has 2 aromatic rings. The minimum atomic E-state index is -0.0269. The molecule has 0 bridgehead atoms. The summed E-state index contributed by atoms with van der Waals surface area (Å²) in [6.07, 6.45) is 1.95. The zero-order valence-electron chi connectivity index (χ0n) is 17.4. The molecule has 2 saturated heterocycles. The summed E-state index contributed by atoms with van der Waals surface area (Å²) in [6, 6.07) is 10.5. The number of hydrogen-bond donors (Lipinski definition) is 2. The summed E-state index contributed by atoms with van der Waals surface area (Å²) >= 11 is 0. The number of piperidine rings is 1. The van der Waals surface area contributed by atoms with Crippen LogP contribution in [0.5, 0.6) is 5.75 Å². The molecule has 0 spiro atoms. The molecule has 4 rings (SSSR count). The third kappa shape index (κ3) is 4.16. The number of amides is 1. The van der Waals surface area contributed by atoms with Crippen LogP contribution < -0.4 is 15.6 Å². The predicted molar refractivity (Wildman–Crippen MR) is 110 cm³/mol. The molecule has 156 valence electrons. The Morgan fingerprint density at radius 2 is 2.07 bits per heavy atom. The average molecular weight is 399 g/mol. The highest BCUT2D eigenvalue weighted by atomic mass is 16.5. The van der Waals surface area contributed by atoms with E-state index in [1.54, 1.807) is 13.2 Å². The number of carbonyl (C=O) groups is 1. The van der Waals surface area contributed by atoms with Crippen molar-refractivity contribution in [1.82, 2.24) is 20.9 Å². The van der Waals surface area contributed by atoms with Gasteiger partial charge < -0.3 is 14.2 Å². The van der Waals surface area contributed by atoms with Crippen molar-refractivity contribution in [2.75, 3.05) is 26.7 Å². The number of carbonyl (C=O) groups excluding carboxylic acids is 1. The van der Waals surface area contributed by atoms with Gasteiger partial charge in [-0.1, -0.05) is 31.1 Å². The summed E-state index contributed by atoms with van der Waals surface area (Å²) in [6.45, 7) is 6.45. The van der Waals surface area contributed by atoms with Crippen molar-refractivity contribution in [3.8, 4) is 5.75 Å². The van der Waals surface area contributed by atoms with Crippen LogP contribution in [0.4, 0.5) is 0 Å². The zero-order chi connectivity index (χ0) is 20.4. The number of rotatable bonds is 5. The van der Waals surface area contributed by atoms with Gasteiger partial charge in [-0.3, -0.25) is 15.6 Å². The minimum absolute atomic E-state index is 0.0269. The summed E-state index contributed by atoms with van der Waals surface area (Å²) in [5.41, 5.74) is 8.52. The summed E-state index contributed by atoms with van der Waals surface area (Å²) in [4.78, 5) is 14.7. The van der Waals surface area contributed by atoms with Crippen LogP contribution in [0.3, 0.4) is 0 Å². The largest absolute Gasteiger partial charge is 0.497 e. The van der Waals surface area contributed by atoms with Crippen molar-refractivity contribution >= 4 is 5.91 Å². The Hall–Kier alpha value is -2.38. The van der Waals surface area contributed by atoms with E-state index in [-0.39, 0.29) is 11.8 Å². The van der Waals surface area contributed by atoms with Crippen LogP contribution in [0, 0.1) is 5.92 Å². The normalized spacial score (nSPS) is 23.0. The van der Waals surface area contributed by atoms with E-state index in [2.05, 4.69) is 28.1 Å². The number of likely N-dealkylation sites (tertiary alicyclic amines) is 1. The molecule has 2 aliphatic rings. The van der Waals surface area contributed by atoms with Crippen molar-refractivity contribution in [3.05, 3.63) is 47.3 Å². The molecule has 2 unspecified atom stereocenters. The van der Waals surface area contributed by atoms with Crippen molar-refractivity contribution in [2.24, 2.45) is 5.92 Å². The highest BCUT2D eigenvalue weighted by Crippen LogP contribution is 2.33. The number of hydrogen-bond acceptors (Lipinski definition) is 6.